The van der Waals surface area contributed by atoms with Crippen LogP contribution in [0.4, 0.5) is 0 Å². The van der Waals surface area contributed by atoms with Gasteiger partial charge < -0.3 is 5.73 Å². The van der Waals surface area contributed by atoms with Gasteiger partial charge in [-0.1, -0.05) is 6.92 Å². The van der Waals surface area contributed by atoms with Crippen LogP contribution in [-0.4, -0.2) is 6.04 Å². The first kappa shape index (κ1) is 6.66. The average Bonchev–Trinajstić information content (AvgIpc) is 2.58. The molecule has 1 heteroatoms. The number of hydrogen-bond acceptors (Lipinski definition) is 1. The number of rotatable bonds is 2. The molecule has 3 atom stereocenters. The molecule has 2 rings (SSSR count). The quantitative estimate of drug-likeness (QED) is 0.620. The van der Waals surface area contributed by atoms with Gasteiger partial charge in [0, 0.05) is 6.04 Å². The fraction of sp³-hybridized carbons (Fsp3) is 1.00. The second-order valence-corrected chi connectivity index (χ2v) is 4.34. The molecule has 2 aliphatic carbocycles. The topological polar surface area (TPSA) is 26.0 Å². The fourth-order valence-electron chi connectivity index (χ4n) is 2.43. The third-order valence-electron chi connectivity index (χ3n) is 3.58. The molecule has 2 fully saturated rings. The Morgan fingerprint density at radius 3 is 2.10 bits per heavy atom. The van der Waals surface area contributed by atoms with Gasteiger partial charge in [-0.05, 0) is 43.4 Å². The maximum atomic E-state index is 5.94. The summed E-state index contributed by atoms with van der Waals surface area (Å²) < 4.78 is 0. The molecule has 0 aromatic rings. The number of hydrogen-bond donors (Lipinski definition) is 1. The lowest BCUT2D eigenvalue weighted by Gasteiger charge is -2.18. The van der Waals surface area contributed by atoms with Crippen molar-refractivity contribution in [3.63, 3.8) is 0 Å². The van der Waals surface area contributed by atoms with Crippen LogP contribution in [0.25, 0.3) is 0 Å². The van der Waals surface area contributed by atoms with Crippen molar-refractivity contribution >= 4 is 0 Å². The van der Waals surface area contributed by atoms with Gasteiger partial charge in [0.15, 0.2) is 0 Å². The van der Waals surface area contributed by atoms with Gasteiger partial charge in [-0.2, -0.15) is 0 Å². The molecule has 0 aromatic carbocycles. The van der Waals surface area contributed by atoms with Gasteiger partial charge in [-0.3, -0.25) is 0 Å². The first-order valence-electron chi connectivity index (χ1n) is 4.42. The van der Waals surface area contributed by atoms with Crippen LogP contribution in [0.1, 0.15) is 33.1 Å². The minimum atomic E-state index is 0.447. The van der Waals surface area contributed by atoms with Crippen molar-refractivity contribution in [1.82, 2.24) is 0 Å². The van der Waals surface area contributed by atoms with Crippen molar-refractivity contribution in [2.75, 3.05) is 0 Å². The van der Waals surface area contributed by atoms with E-state index in [-0.39, 0.29) is 0 Å². The predicted molar refractivity (Wildman–Crippen MR) is 42.6 cm³/mol. The van der Waals surface area contributed by atoms with E-state index in [1.165, 1.54) is 19.3 Å². The summed E-state index contributed by atoms with van der Waals surface area (Å²) in [6.07, 6.45) is 4.25. The molecule has 1 nitrogen and oxygen atoms in total. The van der Waals surface area contributed by atoms with Crippen LogP contribution >= 0.6 is 0 Å². The van der Waals surface area contributed by atoms with E-state index in [0.29, 0.717) is 11.5 Å². The summed E-state index contributed by atoms with van der Waals surface area (Å²) >= 11 is 0. The van der Waals surface area contributed by atoms with Crippen LogP contribution in [0.2, 0.25) is 0 Å². The van der Waals surface area contributed by atoms with E-state index >= 15 is 0 Å². The first-order chi connectivity index (χ1) is 4.67. The van der Waals surface area contributed by atoms with Crippen LogP contribution in [-0.2, 0) is 0 Å². The Bertz CT molecular complexity index is 147. The Labute approximate surface area is 63.0 Å². The Kier molecular flexibility index (Phi) is 1.17. The fourth-order valence-corrected chi connectivity index (χ4v) is 2.43. The monoisotopic (exact) mass is 139 g/mol. The van der Waals surface area contributed by atoms with E-state index in [0.717, 1.165) is 11.8 Å². The van der Waals surface area contributed by atoms with Crippen molar-refractivity contribution in [3.8, 4) is 0 Å². The Balaban J connectivity index is 2.02. The smallest absolute Gasteiger partial charge is 0.00697 e. The van der Waals surface area contributed by atoms with Crippen LogP contribution in [0.5, 0.6) is 0 Å². The molecule has 0 radical (unpaired) electrons. The van der Waals surface area contributed by atoms with Crippen molar-refractivity contribution in [1.29, 1.82) is 0 Å². The molecule has 2 N–H and O–H groups in total. The van der Waals surface area contributed by atoms with Crippen molar-refractivity contribution in [3.05, 3.63) is 0 Å². The van der Waals surface area contributed by atoms with Gasteiger partial charge in [0.05, 0.1) is 0 Å². The van der Waals surface area contributed by atoms with Crippen LogP contribution in [0.3, 0.4) is 0 Å². The Morgan fingerprint density at radius 2 is 2.00 bits per heavy atom. The molecule has 0 amide bonds. The highest BCUT2D eigenvalue weighted by Gasteiger charge is 2.59. The molecular weight excluding hydrogens is 122 g/mol. The molecule has 0 saturated heterocycles. The Morgan fingerprint density at radius 1 is 1.50 bits per heavy atom. The van der Waals surface area contributed by atoms with Crippen molar-refractivity contribution < 1.29 is 0 Å². The largest absolute Gasteiger partial charge is 0.327 e. The normalized spacial score (nSPS) is 44.7. The molecule has 0 heterocycles. The summed E-state index contributed by atoms with van der Waals surface area (Å²) in [5, 5.41) is 0. The third kappa shape index (κ3) is 0.731. The van der Waals surface area contributed by atoms with E-state index in [9.17, 15) is 0 Å². The lowest BCUT2D eigenvalue weighted by Crippen LogP contribution is -2.30. The van der Waals surface area contributed by atoms with Crippen molar-refractivity contribution in [2.24, 2.45) is 23.0 Å². The third-order valence-corrected chi connectivity index (χ3v) is 3.58. The van der Waals surface area contributed by atoms with E-state index in [4.69, 9.17) is 5.73 Å². The minimum Gasteiger partial charge on any atom is -0.327 e. The molecular formula is C9H17N. The molecule has 3 unspecified atom stereocenters. The summed E-state index contributed by atoms with van der Waals surface area (Å²) in [6.45, 7) is 4.53. The molecule has 0 spiro atoms. The zero-order valence-corrected chi connectivity index (χ0v) is 6.93. The standard InChI is InChI=1S/C9H17N/c1-6-5-8(6)9(3-4-9)7(2)10/h6-8H,3-5,10H2,1-2H3. The predicted octanol–water partition coefficient (Wildman–Crippen LogP) is 1.77. The molecule has 2 saturated carbocycles. The van der Waals surface area contributed by atoms with E-state index in [1.807, 2.05) is 0 Å². The summed E-state index contributed by atoms with van der Waals surface area (Å²) in [5.74, 6) is 1.97. The molecule has 10 heavy (non-hydrogen) atoms. The number of nitrogens with two attached hydrogens (primary N) is 1. The van der Waals surface area contributed by atoms with Crippen LogP contribution in [0.15, 0.2) is 0 Å². The maximum absolute atomic E-state index is 5.94. The summed E-state index contributed by atoms with van der Waals surface area (Å²) in [7, 11) is 0. The highest BCUT2D eigenvalue weighted by Crippen LogP contribution is 2.65. The molecule has 2 aliphatic rings. The van der Waals surface area contributed by atoms with Crippen LogP contribution < -0.4 is 5.73 Å². The highest BCUT2D eigenvalue weighted by molar-refractivity contribution is 5.10. The van der Waals surface area contributed by atoms with Gasteiger partial charge in [-0.25, -0.2) is 0 Å². The summed E-state index contributed by atoms with van der Waals surface area (Å²) in [5.41, 5.74) is 6.55. The second kappa shape index (κ2) is 1.76. The van der Waals surface area contributed by atoms with Crippen LogP contribution in [0, 0.1) is 17.3 Å². The van der Waals surface area contributed by atoms with E-state index < -0.39 is 0 Å². The van der Waals surface area contributed by atoms with Gasteiger partial charge in [0.25, 0.3) is 0 Å². The zero-order chi connectivity index (χ0) is 7.35. The summed E-state index contributed by atoms with van der Waals surface area (Å²) in [6, 6.07) is 0.447. The molecule has 0 aliphatic heterocycles. The Hall–Kier alpha value is -0.0400. The lowest BCUT2D eigenvalue weighted by atomic mass is 9.92. The molecule has 0 aromatic heterocycles. The van der Waals surface area contributed by atoms with Gasteiger partial charge >= 0.3 is 0 Å². The minimum absolute atomic E-state index is 0.447. The summed E-state index contributed by atoms with van der Waals surface area (Å²) in [4.78, 5) is 0. The maximum Gasteiger partial charge on any atom is 0.00697 e. The molecule has 58 valence electrons. The van der Waals surface area contributed by atoms with E-state index in [2.05, 4.69) is 13.8 Å². The average molecular weight is 139 g/mol. The first-order valence-corrected chi connectivity index (χ1v) is 4.42. The zero-order valence-electron chi connectivity index (χ0n) is 6.93. The lowest BCUT2D eigenvalue weighted by molar-refractivity contribution is 0.352. The highest BCUT2D eigenvalue weighted by atomic mass is 14.8. The van der Waals surface area contributed by atoms with Gasteiger partial charge in [0.2, 0.25) is 0 Å². The van der Waals surface area contributed by atoms with Gasteiger partial charge in [-0.15, -0.1) is 0 Å². The van der Waals surface area contributed by atoms with Crippen molar-refractivity contribution in [2.45, 2.75) is 39.2 Å². The second-order valence-electron chi connectivity index (χ2n) is 4.34. The van der Waals surface area contributed by atoms with Gasteiger partial charge in [0.1, 0.15) is 0 Å². The van der Waals surface area contributed by atoms with E-state index in [1.54, 1.807) is 0 Å². The SMILES string of the molecule is CC1CC1C1(C(C)N)CC1. The molecule has 0 bridgehead atoms.